The average molecular weight is 170 g/mol. The van der Waals surface area contributed by atoms with Crippen LogP contribution in [-0.4, -0.2) is 24.4 Å². The summed E-state index contributed by atoms with van der Waals surface area (Å²) in [6.45, 7) is 2.03. The highest BCUT2D eigenvalue weighted by Gasteiger charge is 2.27. The van der Waals surface area contributed by atoms with Crippen LogP contribution in [0.2, 0.25) is 0 Å². The van der Waals surface area contributed by atoms with Gasteiger partial charge in [0, 0.05) is 7.11 Å². The Morgan fingerprint density at radius 2 is 2.17 bits per heavy atom. The molecule has 0 aromatic rings. The topological polar surface area (TPSA) is 29.5 Å². The largest absolute Gasteiger partial charge is 0.390 e. The number of hydrogen-bond donors (Lipinski definition) is 1. The van der Waals surface area contributed by atoms with Gasteiger partial charge in [-0.25, -0.2) is 0 Å². The molecule has 0 heterocycles. The van der Waals surface area contributed by atoms with Gasteiger partial charge >= 0.3 is 0 Å². The molecule has 0 aromatic carbocycles. The maximum absolute atomic E-state index is 9.51. The molecule has 1 aliphatic carbocycles. The summed E-state index contributed by atoms with van der Waals surface area (Å²) in [6, 6.07) is 0. The predicted molar refractivity (Wildman–Crippen MR) is 49.0 cm³/mol. The molecule has 1 fully saturated rings. The van der Waals surface area contributed by atoms with Crippen LogP contribution < -0.4 is 0 Å². The summed E-state index contributed by atoms with van der Waals surface area (Å²) in [5.41, 5.74) is 0. The van der Waals surface area contributed by atoms with Crippen LogP contribution in [0.5, 0.6) is 0 Å². The van der Waals surface area contributed by atoms with Gasteiger partial charge in [0.05, 0.1) is 12.2 Å². The fourth-order valence-corrected chi connectivity index (χ4v) is 1.84. The summed E-state index contributed by atoms with van der Waals surface area (Å²) in [4.78, 5) is 0. The lowest BCUT2D eigenvalue weighted by Gasteiger charge is -2.30. The van der Waals surface area contributed by atoms with E-state index in [-0.39, 0.29) is 12.2 Å². The van der Waals surface area contributed by atoms with Gasteiger partial charge in [0.1, 0.15) is 0 Å². The Kier molecular flexibility index (Phi) is 3.76. The van der Waals surface area contributed by atoms with Crippen molar-refractivity contribution in [3.63, 3.8) is 0 Å². The van der Waals surface area contributed by atoms with Crippen molar-refractivity contribution in [2.75, 3.05) is 7.11 Å². The zero-order chi connectivity index (χ0) is 8.97. The zero-order valence-corrected chi connectivity index (χ0v) is 7.86. The minimum atomic E-state index is -0.253. The molecular weight excluding hydrogens is 152 g/mol. The van der Waals surface area contributed by atoms with Crippen molar-refractivity contribution in [3.05, 3.63) is 12.2 Å². The van der Waals surface area contributed by atoms with Gasteiger partial charge in [-0.3, -0.25) is 0 Å². The number of ether oxygens (including phenoxy) is 1. The molecule has 70 valence electrons. The summed E-state index contributed by atoms with van der Waals surface area (Å²) in [6.07, 6.45) is 6.99. The number of methoxy groups -OCH3 is 1. The lowest BCUT2D eigenvalue weighted by atomic mass is 9.85. The molecular formula is C10H18O2. The Balaban J connectivity index is 2.43. The Bertz CT molecular complexity index is 154. The molecule has 1 N–H and O–H groups in total. The van der Waals surface area contributed by atoms with E-state index >= 15 is 0 Å². The van der Waals surface area contributed by atoms with E-state index in [1.807, 2.05) is 6.92 Å². The van der Waals surface area contributed by atoms with Crippen molar-refractivity contribution in [3.8, 4) is 0 Å². The van der Waals surface area contributed by atoms with Crippen molar-refractivity contribution in [2.24, 2.45) is 5.92 Å². The average Bonchev–Trinajstić information content (AvgIpc) is 2.09. The van der Waals surface area contributed by atoms with Crippen LogP contribution in [0.1, 0.15) is 26.2 Å². The molecule has 0 unspecified atom stereocenters. The van der Waals surface area contributed by atoms with E-state index in [1.54, 1.807) is 7.11 Å². The molecule has 1 rings (SSSR count). The first kappa shape index (κ1) is 9.75. The predicted octanol–water partition coefficient (Wildman–Crippen LogP) is 1.74. The maximum Gasteiger partial charge on any atom is 0.0835 e. The van der Waals surface area contributed by atoms with Gasteiger partial charge in [0.15, 0.2) is 0 Å². The molecule has 2 nitrogen and oxygen atoms in total. The SMILES string of the molecule is C/C=C\[C@@H]1CC[C@@H](O)[C@H](OC)C1. The second-order valence-corrected chi connectivity index (χ2v) is 3.44. The molecule has 0 aromatic heterocycles. The van der Waals surface area contributed by atoms with Crippen molar-refractivity contribution in [2.45, 2.75) is 38.4 Å². The van der Waals surface area contributed by atoms with Gasteiger partial charge in [-0.1, -0.05) is 12.2 Å². The van der Waals surface area contributed by atoms with Crippen LogP contribution in [0.4, 0.5) is 0 Å². The van der Waals surface area contributed by atoms with E-state index in [1.165, 1.54) is 0 Å². The smallest absolute Gasteiger partial charge is 0.0835 e. The Morgan fingerprint density at radius 1 is 1.42 bits per heavy atom. The van der Waals surface area contributed by atoms with Crippen molar-refractivity contribution in [1.29, 1.82) is 0 Å². The van der Waals surface area contributed by atoms with Crippen molar-refractivity contribution < 1.29 is 9.84 Å². The molecule has 0 bridgehead atoms. The monoisotopic (exact) mass is 170 g/mol. The van der Waals surface area contributed by atoms with Crippen LogP contribution in [-0.2, 0) is 4.74 Å². The van der Waals surface area contributed by atoms with Gasteiger partial charge in [0.25, 0.3) is 0 Å². The van der Waals surface area contributed by atoms with Gasteiger partial charge in [0.2, 0.25) is 0 Å². The first-order valence-corrected chi connectivity index (χ1v) is 4.61. The maximum atomic E-state index is 9.51. The molecule has 1 aliphatic rings. The van der Waals surface area contributed by atoms with Crippen LogP contribution >= 0.6 is 0 Å². The normalized spacial score (nSPS) is 37.4. The Hall–Kier alpha value is -0.340. The lowest BCUT2D eigenvalue weighted by molar-refractivity contribution is -0.0449. The summed E-state index contributed by atoms with van der Waals surface area (Å²) in [5.74, 6) is 0.600. The standard InChI is InChI=1S/C10H18O2/c1-3-4-8-5-6-9(11)10(7-8)12-2/h3-4,8-11H,5-7H2,1-2H3/b4-3-/t8-,9-,10-/m1/s1. The first-order chi connectivity index (χ1) is 5.77. The summed E-state index contributed by atoms with van der Waals surface area (Å²) >= 11 is 0. The van der Waals surface area contributed by atoms with Crippen LogP contribution in [0, 0.1) is 5.92 Å². The third-order valence-corrected chi connectivity index (χ3v) is 2.56. The fraction of sp³-hybridized carbons (Fsp3) is 0.800. The van der Waals surface area contributed by atoms with E-state index in [9.17, 15) is 5.11 Å². The molecule has 0 aliphatic heterocycles. The minimum Gasteiger partial charge on any atom is -0.390 e. The van der Waals surface area contributed by atoms with Gasteiger partial charge in [-0.05, 0) is 32.1 Å². The number of hydrogen-bond acceptors (Lipinski definition) is 2. The number of rotatable bonds is 2. The summed E-state index contributed by atoms with van der Waals surface area (Å²) < 4.78 is 5.20. The highest BCUT2D eigenvalue weighted by molar-refractivity contribution is 4.92. The molecule has 2 heteroatoms. The number of aliphatic hydroxyl groups excluding tert-OH is 1. The second kappa shape index (κ2) is 4.63. The molecule has 0 amide bonds. The minimum absolute atomic E-state index is 0.0416. The van der Waals surface area contributed by atoms with Gasteiger partial charge in [-0.15, -0.1) is 0 Å². The van der Waals surface area contributed by atoms with Crippen molar-refractivity contribution in [1.82, 2.24) is 0 Å². The van der Waals surface area contributed by atoms with Gasteiger partial charge < -0.3 is 9.84 Å². The summed E-state index contributed by atoms with van der Waals surface area (Å²) in [5, 5.41) is 9.51. The quantitative estimate of drug-likeness (QED) is 0.640. The van der Waals surface area contributed by atoms with Crippen LogP contribution in [0.3, 0.4) is 0 Å². The van der Waals surface area contributed by atoms with Crippen molar-refractivity contribution >= 4 is 0 Å². The molecule has 12 heavy (non-hydrogen) atoms. The fourth-order valence-electron chi connectivity index (χ4n) is 1.84. The molecule has 0 radical (unpaired) electrons. The highest BCUT2D eigenvalue weighted by atomic mass is 16.5. The number of aliphatic hydroxyl groups is 1. The third-order valence-electron chi connectivity index (χ3n) is 2.56. The number of allylic oxidation sites excluding steroid dienone is 2. The second-order valence-electron chi connectivity index (χ2n) is 3.44. The molecule has 0 spiro atoms. The first-order valence-electron chi connectivity index (χ1n) is 4.61. The molecule has 0 saturated heterocycles. The third kappa shape index (κ3) is 2.32. The molecule has 1 saturated carbocycles. The summed E-state index contributed by atoms with van der Waals surface area (Å²) in [7, 11) is 1.67. The van der Waals surface area contributed by atoms with E-state index < -0.39 is 0 Å². The van der Waals surface area contributed by atoms with E-state index in [4.69, 9.17) is 4.74 Å². The van der Waals surface area contributed by atoms with Crippen LogP contribution in [0.15, 0.2) is 12.2 Å². The zero-order valence-electron chi connectivity index (χ0n) is 7.86. The van der Waals surface area contributed by atoms with Crippen LogP contribution in [0.25, 0.3) is 0 Å². The van der Waals surface area contributed by atoms with E-state index in [0.717, 1.165) is 19.3 Å². The van der Waals surface area contributed by atoms with E-state index in [0.29, 0.717) is 5.92 Å². The Morgan fingerprint density at radius 3 is 2.75 bits per heavy atom. The van der Waals surface area contributed by atoms with E-state index in [2.05, 4.69) is 12.2 Å². The van der Waals surface area contributed by atoms with Gasteiger partial charge in [-0.2, -0.15) is 0 Å². The Labute approximate surface area is 74.2 Å². The lowest BCUT2D eigenvalue weighted by Crippen LogP contribution is -2.34. The highest BCUT2D eigenvalue weighted by Crippen LogP contribution is 2.27. The molecule has 3 atom stereocenters.